The summed E-state index contributed by atoms with van der Waals surface area (Å²) in [6.45, 7) is 3.91. The average Bonchev–Trinajstić information content (AvgIpc) is 1.40. The summed E-state index contributed by atoms with van der Waals surface area (Å²) in [5, 5.41) is 102. The van der Waals surface area contributed by atoms with Gasteiger partial charge in [0.15, 0.2) is 5.96 Å². The molecule has 49 heteroatoms. The van der Waals surface area contributed by atoms with E-state index in [1.165, 1.54) is 45.1 Å². The predicted molar refractivity (Wildman–Crippen MR) is 433 cm³/mol. The fourth-order valence-electron chi connectivity index (χ4n) is 11.4. The van der Waals surface area contributed by atoms with Crippen molar-refractivity contribution in [1.29, 1.82) is 5.41 Å². The molecule has 0 saturated carbocycles. The molecule has 0 spiro atoms. The van der Waals surface area contributed by atoms with Crippen molar-refractivity contribution in [3.63, 3.8) is 0 Å². The summed E-state index contributed by atoms with van der Waals surface area (Å²) in [7, 11) is 0. The molecule has 1 aromatic carbocycles. The molecule has 0 aliphatic carbocycles. The van der Waals surface area contributed by atoms with Crippen molar-refractivity contribution in [3.05, 3.63) is 54.1 Å². The van der Waals surface area contributed by atoms with Crippen LogP contribution in [0.4, 0.5) is 0 Å². The number of aromatic amines is 1. The van der Waals surface area contributed by atoms with Gasteiger partial charge < -0.3 is 144 Å². The number of carbonyl (C=O) groups is 19. The number of amides is 15. The minimum Gasteiger partial charge on any atom is -0.481 e. The quantitative estimate of drug-likeness (QED) is 0.0166. The number of H-pyrrole nitrogens is 1. The number of aliphatic hydroxyl groups is 2. The van der Waals surface area contributed by atoms with E-state index in [-0.39, 0.29) is 69.5 Å². The number of hydrogen-bond donors (Lipinski definition) is 28. The minimum absolute atomic E-state index is 0.103. The fraction of sp³-hybridized carbons (Fsp3) is 0.603. The van der Waals surface area contributed by atoms with E-state index in [1.807, 2.05) is 5.32 Å². The lowest BCUT2D eigenvalue weighted by Gasteiger charge is -2.28. The van der Waals surface area contributed by atoms with Gasteiger partial charge >= 0.3 is 23.9 Å². The molecule has 0 aliphatic heterocycles. The number of rotatable bonds is 61. The van der Waals surface area contributed by atoms with E-state index in [9.17, 15) is 122 Å². The molecular weight excluding hydrogens is 1630 g/mol. The highest BCUT2D eigenvalue weighted by Crippen LogP contribution is 2.14. The van der Waals surface area contributed by atoms with Crippen LogP contribution in [0, 0.1) is 5.41 Å². The molecular formula is C73H117N23O25S. The first kappa shape index (κ1) is 106. The van der Waals surface area contributed by atoms with E-state index in [0.717, 1.165) is 6.92 Å². The van der Waals surface area contributed by atoms with Gasteiger partial charge in [-0.1, -0.05) is 36.8 Å². The number of aromatic nitrogens is 2. The molecule has 0 saturated heterocycles. The molecule has 1 heterocycles. The van der Waals surface area contributed by atoms with E-state index in [0.29, 0.717) is 31.4 Å². The first-order valence-corrected chi connectivity index (χ1v) is 40.4. The first-order valence-electron chi connectivity index (χ1n) is 39.0. The first-order chi connectivity index (χ1) is 57.5. The third kappa shape index (κ3) is 41.2. The standard InChI is InChI=1S/C73H117N23O25S/c1-36(83-59(107)37(2)85-71(119)57(39(4)98)96-67(115)47(21-24-55(102)103)87-61(109)42(76)16-9-11-26-74)58(106)84-38(3)60(108)86-43(17-10-12-27-75)63(111)92-49(30-40-14-7-6-8-15-40)68(116)90-46(20-23-54(100)101)64(112)88-44(18-13-28-81-73(78)79)62(110)89-45(19-22-53(77)99)65(113)93-50(31-41-33-80-35-82-41)69(117)91-48(25-29-122-5)66(114)94-51(32-56(104)105)70(118)95-52(34-97)72(120)121/h6-8,14-15,33,35-39,42-52,57,97-98H,9-13,16-32,34,74-76H2,1-5H3,(H2,77,99)(H,80,82)(H,83,107)(H,84,106)(H,85,119)(H,86,108)(H,87,109)(H,88,112)(H,89,110)(H,90,116)(H,91,117)(H,92,111)(H,93,113)(H,94,114)(H,95,118)(H,96,115)(H,100,101)(H,102,103)(H,104,105)(H,120,121)(H4,78,79,81)/t36-,37-,38-,39+,42-,43-,44-,45-,46-,47-,48-,49-,50-,51-,52-,57-/m0/s1. The van der Waals surface area contributed by atoms with Crippen LogP contribution in [-0.2, 0) is 104 Å². The number of benzene rings is 1. The van der Waals surface area contributed by atoms with Crippen LogP contribution in [0.5, 0.6) is 0 Å². The topological polar surface area (TPSA) is 809 Å². The third-order valence-corrected chi connectivity index (χ3v) is 18.9. The number of hydrogen-bond acceptors (Lipinski definition) is 27. The number of imidazole rings is 1. The molecule has 0 bridgehead atoms. The number of carbonyl (C=O) groups excluding carboxylic acids is 15. The van der Waals surface area contributed by atoms with Crippen molar-refractivity contribution in [2.24, 2.45) is 28.7 Å². The van der Waals surface area contributed by atoms with Crippen molar-refractivity contribution >= 4 is 130 Å². The zero-order valence-electron chi connectivity index (χ0n) is 68.2. The van der Waals surface area contributed by atoms with Gasteiger partial charge in [0.05, 0.1) is 37.2 Å². The zero-order valence-corrected chi connectivity index (χ0v) is 69.0. The number of carboxylic acid groups (broad SMARTS) is 4. The second-order valence-corrected chi connectivity index (χ2v) is 29.4. The smallest absolute Gasteiger partial charge is 0.328 e. The van der Waals surface area contributed by atoms with Gasteiger partial charge in [0, 0.05) is 44.8 Å². The summed E-state index contributed by atoms with van der Waals surface area (Å²) in [4.78, 5) is 262. The van der Waals surface area contributed by atoms with Crippen molar-refractivity contribution in [1.82, 2.24) is 89.7 Å². The second kappa shape index (κ2) is 56.3. The van der Waals surface area contributed by atoms with E-state index >= 15 is 0 Å². The Kier molecular flexibility index (Phi) is 48.9. The van der Waals surface area contributed by atoms with Crippen molar-refractivity contribution in [3.8, 4) is 0 Å². The maximum Gasteiger partial charge on any atom is 0.328 e. The Morgan fingerprint density at radius 2 is 0.828 bits per heavy atom. The third-order valence-electron chi connectivity index (χ3n) is 18.3. The minimum atomic E-state index is -1.97. The predicted octanol–water partition coefficient (Wildman–Crippen LogP) is -9.43. The number of nitrogens with two attached hydrogens (primary N) is 5. The molecule has 0 fully saturated rings. The van der Waals surface area contributed by atoms with Crippen LogP contribution in [0.15, 0.2) is 42.9 Å². The molecule has 0 aliphatic rings. The summed E-state index contributed by atoms with van der Waals surface area (Å²) < 4.78 is 0. The van der Waals surface area contributed by atoms with E-state index in [4.69, 9.17) is 34.1 Å². The molecule has 122 heavy (non-hydrogen) atoms. The van der Waals surface area contributed by atoms with Gasteiger partial charge in [0.25, 0.3) is 0 Å². The normalized spacial score (nSPS) is 14.9. The van der Waals surface area contributed by atoms with Gasteiger partial charge in [-0.15, -0.1) is 0 Å². The molecule has 2 rings (SSSR count). The van der Waals surface area contributed by atoms with Crippen LogP contribution in [0.2, 0.25) is 0 Å². The van der Waals surface area contributed by atoms with Crippen LogP contribution in [0.3, 0.4) is 0 Å². The molecule has 1 aromatic heterocycles. The fourth-order valence-corrected chi connectivity index (χ4v) is 11.8. The Morgan fingerprint density at radius 1 is 0.443 bits per heavy atom. The van der Waals surface area contributed by atoms with Crippen molar-refractivity contribution in [2.75, 3.05) is 38.2 Å². The molecule has 0 radical (unpaired) electrons. The SMILES string of the molecule is CSCC[C@H](NC(=O)[C@H](Cc1c[nH]cn1)NC(=O)[C@H](CCC(N)=O)NC(=O)[C@H](CCCNC(=N)N)NC(=O)[C@H](CCC(=O)O)NC(=O)[C@H](Cc1ccccc1)NC(=O)[C@H](CCCCN)NC(=O)[C@H](C)NC(=O)[C@H](C)NC(=O)[C@H](C)NC(=O)[C@@H](NC(=O)[C@H](CCC(=O)O)NC(=O)[C@@H](N)CCCCN)[C@@H](C)O)C(=O)N[C@@H](CC(=O)O)C(=O)N[C@@H](CO)C(=O)O. The highest BCUT2D eigenvalue weighted by atomic mass is 32.2. The Morgan fingerprint density at radius 3 is 1.25 bits per heavy atom. The summed E-state index contributed by atoms with van der Waals surface area (Å²) >= 11 is 1.19. The van der Waals surface area contributed by atoms with Gasteiger partial charge in [0.2, 0.25) is 88.6 Å². The van der Waals surface area contributed by atoms with Gasteiger partial charge in [-0.05, 0) is 129 Å². The number of nitrogens with zero attached hydrogens (tertiary/aromatic N) is 1. The Bertz CT molecular complexity index is 3870. The molecule has 48 nitrogen and oxygen atoms in total. The number of primary amides is 1. The molecule has 33 N–H and O–H groups in total. The lowest BCUT2D eigenvalue weighted by molar-refractivity contribution is -0.144. The number of thioether (sulfide) groups is 1. The number of guanidine groups is 1. The monoisotopic (exact) mass is 1750 g/mol. The maximum atomic E-state index is 14.8. The average molecular weight is 1750 g/mol. The number of nitrogens with one attached hydrogen (secondary N) is 17. The van der Waals surface area contributed by atoms with Gasteiger partial charge in [-0.3, -0.25) is 91.7 Å². The van der Waals surface area contributed by atoms with Gasteiger partial charge in [-0.25, -0.2) is 9.78 Å². The van der Waals surface area contributed by atoms with Crippen LogP contribution in [-0.4, -0.2) is 294 Å². The van der Waals surface area contributed by atoms with Crippen LogP contribution < -0.4 is 108 Å². The molecule has 15 amide bonds. The largest absolute Gasteiger partial charge is 0.481 e. The second-order valence-electron chi connectivity index (χ2n) is 28.4. The summed E-state index contributed by atoms with van der Waals surface area (Å²) in [5.41, 5.74) is 28.8. The van der Waals surface area contributed by atoms with Gasteiger partial charge in [-0.2, -0.15) is 11.8 Å². The van der Waals surface area contributed by atoms with E-state index in [2.05, 4.69) is 84.4 Å². The molecule has 0 unspecified atom stereocenters. The summed E-state index contributed by atoms with van der Waals surface area (Å²) in [6.07, 6.45) is -2.34. The van der Waals surface area contributed by atoms with Crippen LogP contribution >= 0.6 is 11.8 Å². The molecule has 16 atom stereocenters. The highest BCUT2D eigenvalue weighted by molar-refractivity contribution is 7.98. The van der Waals surface area contributed by atoms with E-state index < -0.39 is 273 Å². The summed E-state index contributed by atoms with van der Waals surface area (Å²) in [6, 6.07) is -16.8. The Hall–Kier alpha value is -12.2. The summed E-state index contributed by atoms with van der Waals surface area (Å²) in [5.74, 6) is -22.8. The maximum absolute atomic E-state index is 14.8. The Labute approximate surface area is 705 Å². The molecule has 680 valence electrons. The lowest BCUT2D eigenvalue weighted by Crippen LogP contribution is -2.61. The number of carboxylic acids is 4. The molecule has 2 aromatic rings. The van der Waals surface area contributed by atoms with E-state index in [1.54, 1.807) is 36.6 Å². The van der Waals surface area contributed by atoms with Crippen LogP contribution in [0.25, 0.3) is 0 Å². The highest BCUT2D eigenvalue weighted by Gasteiger charge is 2.39. The van der Waals surface area contributed by atoms with Crippen LogP contribution in [0.1, 0.15) is 142 Å². The number of aliphatic hydroxyl groups excluding tert-OH is 2. The number of aliphatic carboxylic acids is 4. The number of unbranched alkanes of at least 4 members (excludes halogenated alkanes) is 2. The lowest BCUT2D eigenvalue weighted by atomic mass is 10.0. The zero-order chi connectivity index (χ0) is 91.9. The van der Waals surface area contributed by atoms with Gasteiger partial charge in [0.1, 0.15) is 84.6 Å². The Balaban J connectivity index is 2.53. The van der Waals surface area contributed by atoms with Crippen molar-refractivity contribution in [2.45, 2.75) is 240 Å². The van der Waals surface area contributed by atoms with Crippen molar-refractivity contribution < 1.29 is 122 Å².